The van der Waals surface area contributed by atoms with Crippen molar-refractivity contribution in [2.45, 2.75) is 69.1 Å². The van der Waals surface area contributed by atoms with Crippen molar-refractivity contribution in [1.82, 2.24) is 9.97 Å². The van der Waals surface area contributed by atoms with Gasteiger partial charge in [0.25, 0.3) is 0 Å². The van der Waals surface area contributed by atoms with Gasteiger partial charge in [0, 0.05) is 23.8 Å². The Hall–Kier alpha value is -3.71. The Balaban J connectivity index is 1.56. The number of nitrogens with two attached hydrogens (primary N) is 1. The number of benzene rings is 1. The smallest absolute Gasteiger partial charge is 0.168 e. The average Bonchev–Trinajstić information content (AvgIpc) is 3.02. The molecular weight excluding hydrogens is 519 g/mol. The summed E-state index contributed by atoms with van der Waals surface area (Å²) in [4.78, 5) is 13.6. The summed E-state index contributed by atoms with van der Waals surface area (Å²) >= 11 is 0. The molecule has 39 heavy (non-hydrogen) atoms. The Morgan fingerprint density at radius 2 is 2.00 bits per heavy atom. The molecule has 0 aliphatic carbocycles. The van der Waals surface area contributed by atoms with Gasteiger partial charge in [0.2, 0.25) is 0 Å². The minimum atomic E-state index is -3.68. The van der Waals surface area contributed by atoms with Gasteiger partial charge in [-0.25, -0.2) is 12.8 Å². The summed E-state index contributed by atoms with van der Waals surface area (Å²) in [5.41, 5.74) is 7.57. The van der Waals surface area contributed by atoms with Crippen LogP contribution in [0.15, 0.2) is 41.7 Å². The van der Waals surface area contributed by atoms with Crippen LogP contribution in [0, 0.1) is 17.7 Å². The van der Waals surface area contributed by atoms with Gasteiger partial charge in [0.1, 0.15) is 27.6 Å². The lowest BCUT2D eigenvalue weighted by Gasteiger charge is -2.43. The molecule has 8 nitrogen and oxygen atoms in total. The van der Waals surface area contributed by atoms with Gasteiger partial charge in [-0.2, -0.15) is 0 Å². The van der Waals surface area contributed by atoms with Gasteiger partial charge in [-0.1, -0.05) is 12.0 Å². The quantitative estimate of drug-likeness (QED) is 0.487. The number of hydrogen-bond acceptors (Lipinski definition) is 8. The predicted molar refractivity (Wildman–Crippen MR) is 148 cm³/mol. The van der Waals surface area contributed by atoms with Crippen molar-refractivity contribution >= 4 is 26.6 Å². The summed E-state index contributed by atoms with van der Waals surface area (Å²) in [7, 11) is -3.68. The van der Waals surface area contributed by atoms with Crippen molar-refractivity contribution in [2.75, 3.05) is 6.61 Å². The first-order valence-corrected chi connectivity index (χ1v) is 14.3. The van der Waals surface area contributed by atoms with Crippen LogP contribution in [-0.2, 0) is 21.8 Å². The lowest BCUT2D eigenvalue weighted by atomic mass is 9.85. The minimum Gasteiger partial charge on any atom is -0.493 e. The third-order valence-corrected chi connectivity index (χ3v) is 10.7. The highest BCUT2D eigenvalue weighted by atomic mass is 32.2. The molecule has 3 atom stereocenters. The molecule has 5 rings (SSSR count). The van der Waals surface area contributed by atoms with Crippen LogP contribution in [0.2, 0.25) is 0 Å². The number of fused-ring (bicyclic) bond motifs is 4. The molecule has 10 heteroatoms. The molecule has 0 saturated heterocycles. The summed E-state index contributed by atoms with van der Waals surface area (Å²) < 4.78 is 52.5. The van der Waals surface area contributed by atoms with E-state index in [4.69, 9.17) is 20.2 Å². The summed E-state index contributed by atoms with van der Waals surface area (Å²) in [6, 6.07) is 7.19. The third-order valence-electron chi connectivity index (χ3n) is 7.67. The predicted octanol–water partition coefficient (Wildman–Crippen LogP) is 4.08. The third kappa shape index (κ3) is 4.39. The number of rotatable bonds is 4. The van der Waals surface area contributed by atoms with Crippen LogP contribution in [0.4, 0.5) is 4.39 Å². The van der Waals surface area contributed by atoms with E-state index >= 15 is 0 Å². The van der Waals surface area contributed by atoms with Crippen molar-refractivity contribution in [3.05, 3.63) is 59.3 Å². The lowest BCUT2D eigenvalue weighted by Crippen LogP contribution is -2.59. The SMILES string of the molecule is CC#C[C@@H](C)Oc1cnc2c(Cc3ccc4c(c3)[C@@]3(C)N=C(N)C(C)(C)S(=O)(=O)[C@@H]3CCO4)ncc(F)c2c1. The van der Waals surface area contributed by atoms with E-state index < -0.39 is 31.2 Å². The Bertz CT molecular complexity index is 1680. The molecule has 2 aromatic heterocycles. The topological polar surface area (TPSA) is 117 Å². The monoisotopic (exact) mass is 550 g/mol. The van der Waals surface area contributed by atoms with Crippen molar-refractivity contribution in [1.29, 1.82) is 0 Å². The standard InChI is InChI=1S/C29H31FN4O4S/c1-6-7-17(2)38-19-14-20-22(30)16-32-23(26(20)33-15-19)13-18-8-9-24-21(12-18)29(5)25(10-11-37-24)39(35,36)28(3,4)27(31)34-29/h8-9,12,14-17,25H,10-11,13H2,1-5H3,(H2,31,34)/t17-,25-,29-/m1/s1. The lowest BCUT2D eigenvalue weighted by molar-refractivity contribution is 0.278. The van der Waals surface area contributed by atoms with E-state index in [0.29, 0.717) is 41.1 Å². The number of amidine groups is 1. The number of aromatic nitrogens is 2. The van der Waals surface area contributed by atoms with Crippen molar-refractivity contribution in [3.8, 4) is 23.3 Å². The summed E-state index contributed by atoms with van der Waals surface area (Å²) in [6.45, 7) is 8.76. The van der Waals surface area contributed by atoms with E-state index in [1.54, 1.807) is 40.7 Å². The largest absolute Gasteiger partial charge is 0.493 e. The van der Waals surface area contributed by atoms with Crippen LogP contribution in [0.5, 0.6) is 11.5 Å². The number of hydrogen-bond donors (Lipinski definition) is 1. The van der Waals surface area contributed by atoms with Crippen molar-refractivity contribution in [3.63, 3.8) is 0 Å². The fourth-order valence-corrected chi connectivity index (χ4v) is 7.60. The molecule has 0 spiro atoms. The molecule has 4 heterocycles. The fraction of sp³-hybridized carbons (Fsp3) is 0.414. The zero-order valence-electron chi connectivity index (χ0n) is 22.6. The van der Waals surface area contributed by atoms with Gasteiger partial charge >= 0.3 is 0 Å². The molecule has 3 aromatic rings. The maximum Gasteiger partial charge on any atom is 0.168 e. The molecule has 0 bridgehead atoms. The molecule has 0 saturated carbocycles. The Morgan fingerprint density at radius 1 is 1.23 bits per heavy atom. The minimum absolute atomic E-state index is 0.0761. The fourth-order valence-electron chi connectivity index (χ4n) is 5.36. The highest BCUT2D eigenvalue weighted by Gasteiger charge is 2.57. The second-order valence-electron chi connectivity index (χ2n) is 10.6. The number of nitrogens with zero attached hydrogens (tertiary/aromatic N) is 3. The van der Waals surface area contributed by atoms with Crippen LogP contribution < -0.4 is 15.2 Å². The summed E-state index contributed by atoms with van der Waals surface area (Å²) in [5.74, 6) is 6.23. The number of sulfone groups is 1. The molecular formula is C29H31FN4O4S. The highest BCUT2D eigenvalue weighted by Crippen LogP contribution is 2.48. The second kappa shape index (κ2) is 9.49. The van der Waals surface area contributed by atoms with E-state index in [0.717, 1.165) is 5.56 Å². The van der Waals surface area contributed by atoms with Crippen LogP contribution in [0.25, 0.3) is 10.9 Å². The number of aliphatic imine (C=N–C) groups is 1. The Labute approximate surface area is 227 Å². The molecule has 0 radical (unpaired) electrons. The van der Waals surface area contributed by atoms with Gasteiger partial charge < -0.3 is 15.2 Å². The number of pyridine rings is 2. The Kier molecular flexibility index (Phi) is 6.54. The summed E-state index contributed by atoms with van der Waals surface area (Å²) in [6.07, 6.45) is 2.96. The van der Waals surface area contributed by atoms with Gasteiger partial charge in [0.15, 0.2) is 21.8 Å². The maximum atomic E-state index is 14.8. The van der Waals surface area contributed by atoms with E-state index in [9.17, 15) is 12.8 Å². The van der Waals surface area contributed by atoms with Crippen molar-refractivity contribution in [2.24, 2.45) is 10.7 Å². The van der Waals surface area contributed by atoms with Crippen molar-refractivity contribution < 1.29 is 22.3 Å². The van der Waals surface area contributed by atoms with Crippen LogP contribution in [0.1, 0.15) is 57.9 Å². The highest BCUT2D eigenvalue weighted by molar-refractivity contribution is 7.94. The molecule has 204 valence electrons. The molecule has 0 unspecified atom stereocenters. The van der Waals surface area contributed by atoms with E-state index in [2.05, 4.69) is 21.8 Å². The van der Waals surface area contributed by atoms with Gasteiger partial charge in [0.05, 0.1) is 35.5 Å². The zero-order valence-corrected chi connectivity index (χ0v) is 23.4. The second-order valence-corrected chi connectivity index (χ2v) is 13.3. The zero-order chi connectivity index (χ0) is 28.2. The summed E-state index contributed by atoms with van der Waals surface area (Å²) in [5, 5.41) is -0.509. The first-order chi connectivity index (χ1) is 18.4. The van der Waals surface area contributed by atoms with E-state index in [1.807, 2.05) is 18.2 Å². The molecule has 2 aliphatic rings. The van der Waals surface area contributed by atoms with Crippen LogP contribution >= 0.6 is 0 Å². The number of ether oxygens (including phenoxy) is 2. The van der Waals surface area contributed by atoms with Crippen LogP contribution in [0.3, 0.4) is 0 Å². The van der Waals surface area contributed by atoms with Gasteiger partial charge in [-0.05, 0) is 58.4 Å². The van der Waals surface area contributed by atoms with E-state index in [1.165, 1.54) is 12.4 Å². The number of halogens is 1. The van der Waals surface area contributed by atoms with Gasteiger partial charge in [-0.15, -0.1) is 5.92 Å². The maximum absolute atomic E-state index is 14.8. The molecule has 0 amide bonds. The van der Waals surface area contributed by atoms with Crippen LogP contribution in [-0.4, -0.2) is 46.9 Å². The normalized spacial score (nSPS) is 23.6. The first-order valence-electron chi connectivity index (χ1n) is 12.8. The molecule has 2 N–H and O–H groups in total. The average molecular weight is 551 g/mol. The first kappa shape index (κ1) is 26.9. The molecule has 0 fully saturated rings. The van der Waals surface area contributed by atoms with Gasteiger partial charge in [-0.3, -0.25) is 15.0 Å². The van der Waals surface area contributed by atoms with E-state index in [-0.39, 0.29) is 23.9 Å². The molecule has 2 aliphatic heterocycles. The molecule has 1 aromatic carbocycles. The Morgan fingerprint density at radius 3 is 2.74 bits per heavy atom.